The predicted molar refractivity (Wildman–Crippen MR) is 86.5 cm³/mol. The number of pyridine rings is 1. The summed E-state index contributed by atoms with van der Waals surface area (Å²) in [6, 6.07) is 8.21. The maximum atomic E-state index is 9.55. The molecule has 2 rings (SSSR count). The quantitative estimate of drug-likeness (QED) is 0.883. The van der Waals surface area contributed by atoms with Gasteiger partial charge < -0.3 is 5.32 Å². The molecule has 0 saturated heterocycles. The number of nitriles is 1. The minimum Gasteiger partial charge on any atom is -0.352 e. The SMILES string of the molecule is CCC(CC)Nc1ncc(C)c(C(C#N)c2ccccn2)n1. The van der Waals surface area contributed by atoms with E-state index in [1.165, 1.54) is 0 Å². The van der Waals surface area contributed by atoms with E-state index in [0.29, 0.717) is 23.4 Å². The van der Waals surface area contributed by atoms with Crippen molar-refractivity contribution in [2.45, 2.75) is 45.6 Å². The Balaban J connectivity index is 2.35. The monoisotopic (exact) mass is 295 g/mol. The highest BCUT2D eigenvalue weighted by atomic mass is 15.1. The van der Waals surface area contributed by atoms with Gasteiger partial charge in [0.05, 0.1) is 17.5 Å². The first-order valence-electron chi connectivity index (χ1n) is 7.60. The van der Waals surface area contributed by atoms with Crippen LogP contribution in [-0.2, 0) is 0 Å². The first-order valence-corrected chi connectivity index (χ1v) is 7.60. The Morgan fingerprint density at radius 2 is 2.00 bits per heavy atom. The Morgan fingerprint density at radius 1 is 1.23 bits per heavy atom. The molecular weight excluding hydrogens is 274 g/mol. The van der Waals surface area contributed by atoms with Gasteiger partial charge in [-0.15, -0.1) is 0 Å². The number of nitrogens with one attached hydrogen (secondary N) is 1. The van der Waals surface area contributed by atoms with E-state index in [1.807, 2.05) is 25.1 Å². The molecule has 0 aliphatic rings. The zero-order chi connectivity index (χ0) is 15.9. The Labute approximate surface area is 131 Å². The van der Waals surface area contributed by atoms with Gasteiger partial charge in [0, 0.05) is 18.4 Å². The predicted octanol–water partition coefficient (Wildman–Crippen LogP) is 3.44. The zero-order valence-corrected chi connectivity index (χ0v) is 13.2. The van der Waals surface area contributed by atoms with Crippen molar-refractivity contribution in [3.8, 4) is 6.07 Å². The number of rotatable bonds is 6. The summed E-state index contributed by atoms with van der Waals surface area (Å²) in [6.45, 7) is 6.17. The molecule has 5 heteroatoms. The van der Waals surface area contributed by atoms with Crippen molar-refractivity contribution in [2.24, 2.45) is 0 Å². The fraction of sp³-hybridized carbons (Fsp3) is 0.412. The van der Waals surface area contributed by atoms with E-state index in [9.17, 15) is 5.26 Å². The number of nitrogens with zero attached hydrogens (tertiary/aromatic N) is 4. The van der Waals surface area contributed by atoms with Crippen LogP contribution in [0.15, 0.2) is 30.6 Å². The highest BCUT2D eigenvalue weighted by Gasteiger charge is 2.20. The summed E-state index contributed by atoms with van der Waals surface area (Å²) in [5.41, 5.74) is 2.32. The lowest BCUT2D eigenvalue weighted by atomic mass is 9.99. The molecule has 0 amide bonds. The van der Waals surface area contributed by atoms with Crippen LogP contribution < -0.4 is 5.32 Å². The van der Waals surface area contributed by atoms with E-state index >= 15 is 0 Å². The smallest absolute Gasteiger partial charge is 0.223 e. The third-order valence-electron chi connectivity index (χ3n) is 3.72. The third-order valence-corrected chi connectivity index (χ3v) is 3.72. The first kappa shape index (κ1) is 15.9. The van der Waals surface area contributed by atoms with Crippen LogP contribution in [0.5, 0.6) is 0 Å². The molecule has 1 atom stereocenters. The summed E-state index contributed by atoms with van der Waals surface area (Å²) >= 11 is 0. The van der Waals surface area contributed by atoms with Gasteiger partial charge in [0.1, 0.15) is 5.92 Å². The lowest BCUT2D eigenvalue weighted by molar-refractivity contribution is 0.663. The summed E-state index contributed by atoms with van der Waals surface area (Å²) in [6.07, 6.45) is 5.47. The molecule has 0 aliphatic carbocycles. The minimum absolute atomic E-state index is 0.339. The van der Waals surface area contributed by atoms with E-state index < -0.39 is 5.92 Å². The number of aromatic nitrogens is 3. The van der Waals surface area contributed by atoms with Gasteiger partial charge in [-0.2, -0.15) is 5.26 Å². The normalized spacial score (nSPS) is 12.0. The van der Waals surface area contributed by atoms with Crippen molar-refractivity contribution in [3.63, 3.8) is 0 Å². The fourth-order valence-electron chi connectivity index (χ4n) is 2.31. The van der Waals surface area contributed by atoms with Crippen LogP contribution in [-0.4, -0.2) is 21.0 Å². The Bertz CT molecular complexity index is 644. The van der Waals surface area contributed by atoms with Crippen LogP contribution in [0.25, 0.3) is 0 Å². The average Bonchev–Trinajstić information content (AvgIpc) is 2.57. The van der Waals surface area contributed by atoms with Gasteiger partial charge in [-0.25, -0.2) is 9.97 Å². The molecule has 1 N–H and O–H groups in total. The minimum atomic E-state index is -0.480. The van der Waals surface area contributed by atoms with Crippen molar-refractivity contribution in [3.05, 3.63) is 47.5 Å². The summed E-state index contributed by atoms with van der Waals surface area (Å²) in [5.74, 6) is 0.0944. The molecule has 22 heavy (non-hydrogen) atoms. The summed E-state index contributed by atoms with van der Waals surface area (Å²) < 4.78 is 0. The van der Waals surface area contributed by atoms with Gasteiger partial charge >= 0.3 is 0 Å². The molecule has 0 bridgehead atoms. The lowest BCUT2D eigenvalue weighted by Crippen LogP contribution is -2.20. The van der Waals surface area contributed by atoms with E-state index in [0.717, 1.165) is 18.4 Å². The summed E-state index contributed by atoms with van der Waals surface area (Å²) in [4.78, 5) is 13.2. The maximum absolute atomic E-state index is 9.55. The van der Waals surface area contributed by atoms with E-state index in [1.54, 1.807) is 12.4 Å². The van der Waals surface area contributed by atoms with Crippen LogP contribution in [0, 0.1) is 18.3 Å². The van der Waals surface area contributed by atoms with E-state index in [-0.39, 0.29) is 0 Å². The summed E-state index contributed by atoms with van der Waals surface area (Å²) in [7, 11) is 0. The molecule has 2 aromatic rings. The van der Waals surface area contributed by atoms with E-state index in [2.05, 4.69) is 40.2 Å². The first-order chi connectivity index (χ1) is 10.7. The van der Waals surface area contributed by atoms with Crippen molar-refractivity contribution in [1.82, 2.24) is 15.0 Å². The van der Waals surface area contributed by atoms with Crippen LogP contribution in [0.4, 0.5) is 5.95 Å². The second kappa shape index (κ2) is 7.51. The van der Waals surface area contributed by atoms with Gasteiger partial charge in [0.25, 0.3) is 0 Å². The van der Waals surface area contributed by atoms with Crippen molar-refractivity contribution in [2.75, 3.05) is 5.32 Å². The molecule has 1 unspecified atom stereocenters. The summed E-state index contributed by atoms with van der Waals surface area (Å²) in [5, 5.41) is 12.9. The number of anilines is 1. The molecular formula is C17H21N5. The molecule has 0 saturated carbocycles. The molecule has 0 radical (unpaired) electrons. The van der Waals surface area contributed by atoms with Crippen LogP contribution in [0.1, 0.15) is 49.6 Å². The van der Waals surface area contributed by atoms with Crippen molar-refractivity contribution >= 4 is 5.95 Å². The lowest BCUT2D eigenvalue weighted by Gasteiger charge is -2.17. The fourth-order valence-corrected chi connectivity index (χ4v) is 2.31. The number of hydrogen-bond donors (Lipinski definition) is 1. The van der Waals surface area contributed by atoms with Gasteiger partial charge in [-0.1, -0.05) is 19.9 Å². The molecule has 0 fully saturated rings. The van der Waals surface area contributed by atoms with Gasteiger partial charge in [-0.05, 0) is 37.5 Å². The maximum Gasteiger partial charge on any atom is 0.223 e. The van der Waals surface area contributed by atoms with Gasteiger partial charge in [0.2, 0.25) is 5.95 Å². The van der Waals surface area contributed by atoms with Crippen LogP contribution >= 0.6 is 0 Å². The average molecular weight is 295 g/mol. The van der Waals surface area contributed by atoms with E-state index in [4.69, 9.17) is 0 Å². The van der Waals surface area contributed by atoms with Crippen molar-refractivity contribution in [1.29, 1.82) is 5.26 Å². The Morgan fingerprint density at radius 3 is 2.59 bits per heavy atom. The van der Waals surface area contributed by atoms with Crippen molar-refractivity contribution < 1.29 is 0 Å². The van der Waals surface area contributed by atoms with Crippen LogP contribution in [0.2, 0.25) is 0 Å². The molecule has 5 nitrogen and oxygen atoms in total. The standard InChI is InChI=1S/C17H21N5/c1-4-13(5-2)21-17-20-11-12(3)16(22-17)14(10-18)15-8-6-7-9-19-15/h6-9,11,13-14H,4-5H2,1-3H3,(H,20,21,22). The molecule has 0 spiro atoms. The van der Waals surface area contributed by atoms with Gasteiger partial charge in [0.15, 0.2) is 0 Å². The number of hydrogen-bond acceptors (Lipinski definition) is 5. The molecule has 114 valence electrons. The Hall–Kier alpha value is -2.48. The molecule has 0 aliphatic heterocycles. The largest absolute Gasteiger partial charge is 0.352 e. The third kappa shape index (κ3) is 3.59. The second-order valence-electron chi connectivity index (χ2n) is 5.24. The highest BCUT2D eigenvalue weighted by molar-refractivity contribution is 5.38. The van der Waals surface area contributed by atoms with Gasteiger partial charge in [-0.3, -0.25) is 4.98 Å². The van der Waals surface area contributed by atoms with Crippen LogP contribution in [0.3, 0.4) is 0 Å². The molecule has 2 aromatic heterocycles. The topological polar surface area (TPSA) is 74.5 Å². The second-order valence-corrected chi connectivity index (χ2v) is 5.24. The number of aryl methyl sites for hydroxylation is 1. The zero-order valence-electron chi connectivity index (χ0n) is 13.2. The highest BCUT2D eigenvalue weighted by Crippen LogP contribution is 2.24. The Kier molecular flexibility index (Phi) is 5.42. The molecule has 2 heterocycles. The molecule has 0 aromatic carbocycles.